The molecule has 0 aromatic carbocycles. The van der Waals surface area contributed by atoms with E-state index >= 15 is 0 Å². The Bertz CT molecular complexity index is 371. The Balaban J connectivity index is 1.83. The van der Waals surface area contributed by atoms with Gasteiger partial charge < -0.3 is 9.63 Å². The Labute approximate surface area is 93.9 Å². The number of carboxylic acids is 1. The minimum absolute atomic E-state index is 0.0340. The van der Waals surface area contributed by atoms with Crippen molar-refractivity contribution in [3.8, 4) is 0 Å². The summed E-state index contributed by atoms with van der Waals surface area (Å²) in [4.78, 5) is 14.8. The summed E-state index contributed by atoms with van der Waals surface area (Å²) < 4.78 is 5.09. The maximum Gasteiger partial charge on any atom is 0.303 e. The zero-order valence-corrected chi connectivity index (χ0v) is 9.35. The number of aliphatic carboxylic acids is 1. The van der Waals surface area contributed by atoms with Crippen LogP contribution in [0.5, 0.6) is 0 Å². The predicted octanol–water partition coefficient (Wildman–Crippen LogP) is 1.68. The molecule has 1 unspecified atom stereocenters. The number of rotatable bonds is 6. The van der Waals surface area contributed by atoms with Crippen LogP contribution in [0.1, 0.15) is 37.9 Å². The minimum Gasteiger partial charge on any atom is -0.481 e. The summed E-state index contributed by atoms with van der Waals surface area (Å²) in [6, 6.07) is 0. The lowest BCUT2D eigenvalue weighted by molar-refractivity contribution is -0.137. The molecule has 1 aliphatic rings. The van der Waals surface area contributed by atoms with Gasteiger partial charge in [-0.15, -0.1) is 0 Å². The zero-order chi connectivity index (χ0) is 11.5. The summed E-state index contributed by atoms with van der Waals surface area (Å²) in [5.41, 5.74) is 0. The van der Waals surface area contributed by atoms with Crippen molar-refractivity contribution < 1.29 is 14.4 Å². The highest BCUT2D eigenvalue weighted by Crippen LogP contribution is 2.31. The third-order valence-electron chi connectivity index (χ3n) is 2.72. The molecule has 0 radical (unpaired) electrons. The smallest absolute Gasteiger partial charge is 0.303 e. The van der Waals surface area contributed by atoms with Gasteiger partial charge in [-0.1, -0.05) is 12.1 Å². The summed E-state index contributed by atoms with van der Waals surface area (Å²) >= 11 is 0. The van der Waals surface area contributed by atoms with E-state index in [4.69, 9.17) is 9.63 Å². The molecule has 1 atom stereocenters. The molecule has 1 N–H and O–H groups in total. The summed E-state index contributed by atoms with van der Waals surface area (Å²) in [6.45, 7) is 1.87. The highest BCUT2D eigenvalue weighted by molar-refractivity contribution is 5.66. The van der Waals surface area contributed by atoms with Gasteiger partial charge in [0.2, 0.25) is 5.89 Å². The standard InChI is InChI=1S/C11H16N2O3/c1-7(5-11(14)15)4-10-12-9(13-16-10)6-8-2-3-8/h7-8H,2-6H2,1H3,(H,14,15). The fraction of sp³-hybridized carbons (Fsp3) is 0.727. The lowest BCUT2D eigenvalue weighted by atomic mass is 10.0. The molecule has 0 spiro atoms. The van der Waals surface area contributed by atoms with Crippen molar-refractivity contribution in [3.05, 3.63) is 11.7 Å². The Kier molecular flexibility index (Phi) is 3.22. The third kappa shape index (κ3) is 3.32. The highest BCUT2D eigenvalue weighted by atomic mass is 16.5. The maximum absolute atomic E-state index is 10.5. The molecule has 1 heterocycles. The largest absolute Gasteiger partial charge is 0.481 e. The molecule has 1 aromatic heterocycles. The molecule has 0 amide bonds. The van der Waals surface area contributed by atoms with Gasteiger partial charge in [-0.25, -0.2) is 0 Å². The molecular formula is C11H16N2O3. The normalized spacial score (nSPS) is 17.3. The highest BCUT2D eigenvalue weighted by Gasteiger charge is 2.24. The predicted molar refractivity (Wildman–Crippen MR) is 55.8 cm³/mol. The average molecular weight is 224 g/mol. The Morgan fingerprint density at radius 1 is 1.62 bits per heavy atom. The number of nitrogens with zero attached hydrogens (tertiary/aromatic N) is 2. The van der Waals surface area contributed by atoms with Crippen LogP contribution in [0.4, 0.5) is 0 Å². The van der Waals surface area contributed by atoms with Crippen LogP contribution in [0.25, 0.3) is 0 Å². The molecule has 2 rings (SSSR count). The van der Waals surface area contributed by atoms with Crippen molar-refractivity contribution >= 4 is 5.97 Å². The lowest BCUT2D eigenvalue weighted by Crippen LogP contribution is -2.07. The molecule has 0 bridgehead atoms. The number of hydrogen-bond acceptors (Lipinski definition) is 4. The first-order valence-corrected chi connectivity index (χ1v) is 5.66. The van der Waals surface area contributed by atoms with Gasteiger partial charge in [0.25, 0.3) is 0 Å². The van der Waals surface area contributed by atoms with Gasteiger partial charge >= 0.3 is 5.97 Å². The lowest BCUT2D eigenvalue weighted by Gasteiger charge is -2.03. The fourth-order valence-electron chi connectivity index (χ4n) is 1.70. The third-order valence-corrected chi connectivity index (χ3v) is 2.72. The van der Waals surface area contributed by atoms with E-state index < -0.39 is 5.97 Å². The first-order valence-electron chi connectivity index (χ1n) is 5.66. The zero-order valence-electron chi connectivity index (χ0n) is 9.35. The van der Waals surface area contributed by atoms with Crippen LogP contribution in [-0.2, 0) is 17.6 Å². The van der Waals surface area contributed by atoms with Crippen LogP contribution in [-0.4, -0.2) is 21.2 Å². The van der Waals surface area contributed by atoms with Crippen LogP contribution < -0.4 is 0 Å². The van der Waals surface area contributed by atoms with Gasteiger partial charge in [-0.05, 0) is 24.7 Å². The second-order valence-corrected chi connectivity index (χ2v) is 4.66. The number of aromatic nitrogens is 2. The van der Waals surface area contributed by atoms with E-state index in [2.05, 4.69) is 10.1 Å². The molecule has 1 aromatic rings. The van der Waals surface area contributed by atoms with Crippen LogP contribution >= 0.6 is 0 Å². The van der Waals surface area contributed by atoms with E-state index in [0.717, 1.165) is 18.2 Å². The molecule has 1 aliphatic carbocycles. The van der Waals surface area contributed by atoms with E-state index in [0.29, 0.717) is 12.3 Å². The second-order valence-electron chi connectivity index (χ2n) is 4.66. The van der Waals surface area contributed by atoms with Gasteiger partial charge in [0, 0.05) is 19.3 Å². The number of hydrogen-bond donors (Lipinski definition) is 1. The first-order chi connectivity index (χ1) is 7.63. The molecular weight excluding hydrogens is 208 g/mol. The van der Waals surface area contributed by atoms with Gasteiger partial charge in [-0.2, -0.15) is 4.98 Å². The van der Waals surface area contributed by atoms with E-state index in [1.807, 2.05) is 6.92 Å². The molecule has 16 heavy (non-hydrogen) atoms. The Morgan fingerprint density at radius 2 is 2.38 bits per heavy atom. The van der Waals surface area contributed by atoms with Crippen LogP contribution in [0.15, 0.2) is 4.52 Å². The van der Waals surface area contributed by atoms with Crippen molar-refractivity contribution in [1.29, 1.82) is 0 Å². The maximum atomic E-state index is 10.5. The van der Waals surface area contributed by atoms with Gasteiger partial charge in [-0.3, -0.25) is 4.79 Å². The molecule has 0 saturated heterocycles. The van der Waals surface area contributed by atoms with Crippen LogP contribution in [0, 0.1) is 11.8 Å². The molecule has 88 valence electrons. The Hall–Kier alpha value is -1.39. The first kappa shape index (κ1) is 11.1. The minimum atomic E-state index is -0.787. The van der Waals surface area contributed by atoms with Crippen molar-refractivity contribution in [2.45, 2.75) is 39.0 Å². The average Bonchev–Trinajstić information content (AvgIpc) is 2.86. The second kappa shape index (κ2) is 4.63. The van der Waals surface area contributed by atoms with Crippen molar-refractivity contribution in [2.75, 3.05) is 0 Å². The van der Waals surface area contributed by atoms with Crippen LogP contribution in [0.2, 0.25) is 0 Å². The van der Waals surface area contributed by atoms with Crippen molar-refractivity contribution in [3.63, 3.8) is 0 Å². The van der Waals surface area contributed by atoms with Crippen LogP contribution in [0.3, 0.4) is 0 Å². The van der Waals surface area contributed by atoms with Crippen molar-refractivity contribution in [2.24, 2.45) is 11.8 Å². The topological polar surface area (TPSA) is 76.2 Å². The summed E-state index contributed by atoms with van der Waals surface area (Å²) in [5, 5.41) is 12.5. The fourth-order valence-corrected chi connectivity index (χ4v) is 1.70. The molecule has 5 nitrogen and oxygen atoms in total. The van der Waals surface area contributed by atoms with E-state index in [1.165, 1.54) is 12.8 Å². The Morgan fingerprint density at radius 3 is 3.00 bits per heavy atom. The number of carboxylic acid groups (broad SMARTS) is 1. The summed E-state index contributed by atoms with van der Waals surface area (Å²) in [7, 11) is 0. The van der Waals surface area contributed by atoms with Gasteiger partial charge in [0.1, 0.15) is 0 Å². The van der Waals surface area contributed by atoms with Gasteiger partial charge in [0.05, 0.1) is 0 Å². The number of carbonyl (C=O) groups is 1. The van der Waals surface area contributed by atoms with E-state index in [1.54, 1.807) is 0 Å². The molecule has 5 heteroatoms. The molecule has 0 aliphatic heterocycles. The van der Waals surface area contributed by atoms with Gasteiger partial charge in [0.15, 0.2) is 5.82 Å². The van der Waals surface area contributed by atoms with E-state index in [9.17, 15) is 4.79 Å². The molecule has 1 saturated carbocycles. The summed E-state index contributed by atoms with van der Waals surface area (Å²) in [5.74, 6) is 1.31. The SMILES string of the molecule is CC(CC(=O)O)Cc1nc(CC2CC2)no1. The molecule has 1 fully saturated rings. The monoisotopic (exact) mass is 224 g/mol. The summed E-state index contributed by atoms with van der Waals surface area (Å²) in [6.07, 6.45) is 4.11. The van der Waals surface area contributed by atoms with E-state index in [-0.39, 0.29) is 12.3 Å². The van der Waals surface area contributed by atoms with Crippen molar-refractivity contribution in [1.82, 2.24) is 10.1 Å². The quantitative estimate of drug-likeness (QED) is 0.795.